The van der Waals surface area contributed by atoms with E-state index in [0.717, 1.165) is 36.5 Å². The quantitative estimate of drug-likeness (QED) is 0.876. The van der Waals surface area contributed by atoms with E-state index < -0.39 is 0 Å². The molecule has 0 N–H and O–H groups in total. The zero-order chi connectivity index (χ0) is 14.8. The van der Waals surface area contributed by atoms with Crippen molar-refractivity contribution >= 4 is 17.2 Å². The first-order valence-electron chi connectivity index (χ1n) is 7.37. The third-order valence-electron chi connectivity index (χ3n) is 4.04. The number of likely N-dealkylation sites (tertiary alicyclic amines) is 1. The summed E-state index contributed by atoms with van der Waals surface area (Å²) in [5.41, 5.74) is 1.04. The van der Waals surface area contributed by atoms with Crippen LogP contribution >= 0.6 is 11.3 Å². The highest BCUT2D eigenvalue weighted by Gasteiger charge is 2.32. The van der Waals surface area contributed by atoms with Crippen LogP contribution in [0.2, 0.25) is 0 Å². The molecule has 3 rings (SSSR count). The minimum atomic E-state index is -0.214. The first kappa shape index (κ1) is 14.3. The molecule has 0 aromatic carbocycles. The van der Waals surface area contributed by atoms with Gasteiger partial charge in [-0.1, -0.05) is 0 Å². The molecule has 2 aromatic rings. The van der Waals surface area contributed by atoms with E-state index in [1.807, 2.05) is 29.5 Å². The predicted molar refractivity (Wildman–Crippen MR) is 82.1 cm³/mol. The third-order valence-corrected chi connectivity index (χ3v) is 5.10. The second kappa shape index (κ2) is 5.97. The number of carbonyl (C=O) groups excluding carboxylic acids is 1. The maximum absolute atomic E-state index is 12.8. The van der Waals surface area contributed by atoms with Crippen molar-refractivity contribution < 1.29 is 4.79 Å². The molecule has 0 saturated carbocycles. The molecule has 1 aliphatic heterocycles. The summed E-state index contributed by atoms with van der Waals surface area (Å²) in [5, 5.41) is 3.13. The maximum atomic E-state index is 12.8. The summed E-state index contributed by atoms with van der Waals surface area (Å²) in [5.74, 6) is 0.158. The van der Waals surface area contributed by atoms with E-state index in [-0.39, 0.29) is 18.0 Å². The average molecular weight is 304 g/mol. The van der Waals surface area contributed by atoms with Gasteiger partial charge in [-0.25, -0.2) is 9.97 Å². The van der Waals surface area contributed by atoms with Crippen LogP contribution < -0.4 is 0 Å². The highest BCUT2D eigenvalue weighted by atomic mass is 32.1. The number of carbonyl (C=O) groups is 1. The molecular weight excluding hydrogens is 284 g/mol. The van der Waals surface area contributed by atoms with Crippen LogP contribution in [0.3, 0.4) is 0 Å². The zero-order valence-electron chi connectivity index (χ0n) is 12.4. The molecule has 1 amide bonds. The molecule has 2 unspecified atom stereocenters. The lowest BCUT2D eigenvalue weighted by Gasteiger charge is -2.36. The summed E-state index contributed by atoms with van der Waals surface area (Å²) >= 11 is 1.66. The van der Waals surface area contributed by atoms with Crippen LogP contribution in [0.25, 0.3) is 0 Å². The Morgan fingerprint density at radius 2 is 2.33 bits per heavy atom. The number of nitrogens with zero attached hydrogens (tertiary/aromatic N) is 4. The van der Waals surface area contributed by atoms with Gasteiger partial charge in [0, 0.05) is 30.0 Å². The molecule has 0 bridgehead atoms. The van der Waals surface area contributed by atoms with Gasteiger partial charge in [-0.15, -0.1) is 11.3 Å². The zero-order valence-corrected chi connectivity index (χ0v) is 13.2. The molecule has 1 aliphatic rings. The van der Waals surface area contributed by atoms with Crippen LogP contribution in [0.5, 0.6) is 0 Å². The van der Waals surface area contributed by atoms with E-state index in [9.17, 15) is 4.79 Å². The first-order chi connectivity index (χ1) is 10.2. The fourth-order valence-electron chi connectivity index (χ4n) is 2.84. The van der Waals surface area contributed by atoms with Gasteiger partial charge >= 0.3 is 0 Å². The van der Waals surface area contributed by atoms with E-state index in [4.69, 9.17) is 0 Å². The molecule has 2 aromatic heterocycles. The van der Waals surface area contributed by atoms with Crippen molar-refractivity contribution in [2.75, 3.05) is 6.54 Å². The topological polar surface area (TPSA) is 51.0 Å². The van der Waals surface area contributed by atoms with Crippen LogP contribution in [-0.4, -0.2) is 31.9 Å². The normalized spacial score (nSPS) is 20.5. The van der Waals surface area contributed by atoms with Crippen LogP contribution in [0.1, 0.15) is 49.0 Å². The molecular formula is C15H20N4OS. The maximum Gasteiger partial charge on any atom is 0.245 e. The molecule has 5 nitrogen and oxygen atoms in total. The van der Waals surface area contributed by atoms with E-state index >= 15 is 0 Å². The fourth-order valence-corrected chi connectivity index (χ4v) is 3.79. The van der Waals surface area contributed by atoms with E-state index in [1.165, 1.54) is 0 Å². The van der Waals surface area contributed by atoms with Gasteiger partial charge in [-0.2, -0.15) is 0 Å². The van der Waals surface area contributed by atoms with Gasteiger partial charge in [0.1, 0.15) is 11.0 Å². The van der Waals surface area contributed by atoms with Crippen molar-refractivity contribution in [1.29, 1.82) is 0 Å². The van der Waals surface area contributed by atoms with E-state index in [0.29, 0.717) is 0 Å². The summed E-state index contributed by atoms with van der Waals surface area (Å²) in [6.45, 7) is 4.76. The number of amides is 1. The molecule has 6 heteroatoms. The van der Waals surface area contributed by atoms with Crippen LogP contribution in [0.4, 0.5) is 0 Å². The van der Waals surface area contributed by atoms with Crippen molar-refractivity contribution in [3.05, 3.63) is 34.8 Å². The Hall–Kier alpha value is -1.69. The molecule has 0 spiro atoms. The van der Waals surface area contributed by atoms with Gasteiger partial charge in [0.2, 0.25) is 5.91 Å². The Bertz CT molecular complexity index is 607. The largest absolute Gasteiger partial charge is 0.331 e. The van der Waals surface area contributed by atoms with Gasteiger partial charge in [-0.3, -0.25) is 4.79 Å². The molecule has 2 atom stereocenters. The van der Waals surface area contributed by atoms with Crippen molar-refractivity contribution in [2.24, 2.45) is 0 Å². The van der Waals surface area contributed by atoms with Crippen LogP contribution in [0, 0.1) is 6.92 Å². The monoisotopic (exact) mass is 304 g/mol. The fraction of sp³-hybridized carbons (Fsp3) is 0.533. The summed E-state index contributed by atoms with van der Waals surface area (Å²) in [6, 6.07) is -0.0786. The number of hydrogen-bond acceptors (Lipinski definition) is 4. The Balaban J connectivity index is 1.82. The Morgan fingerprint density at radius 3 is 3.00 bits per heavy atom. The van der Waals surface area contributed by atoms with Crippen molar-refractivity contribution in [3.8, 4) is 0 Å². The lowest BCUT2D eigenvalue weighted by Crippen LogP contribution is -2.41. The minimum absolute atomic E-state index is 0.135. The minimum Gasteiger partial charge on any atom is -0.331 e. The lowest BCUT2D eigenvalue weighted by atomic mass is 10.0. The summed E-state index contributed by atoms with van der Waals surface area (Å²) in [4.78, 5) is 23.5. The highest BCUT2D eigenvalue weighted by molar-refractivity contribution is 7.09. The molecule has 21 heavy (non-hydrogen) atoms. The Labute approximate surface area is 128 Å². The molecule has 0 radical (unpaired) electrons. The summed E-state index contributed by atoms with van der Waals surface area (Å²) in [7, 11) is 0. The second-order valence-corrected chi connectivity index (χ2v) is 6.45. The number of thiazole rings is 1. The van der Waals surface area contributed by atoms with Gasteiger partial charge < -0.3 is 9.47 Å². The Morgan fingerprint density at radius 1 is 1.48 bits per heavy atom. The number of piperidine rings is 1. The smallest absolute Gasteiger partial charge is 0.245 e. The molecule has 1 saturated heterocycles. The number of aromatic nitrogens is 3. The molecule has 112 valence electrons. The second-order valence-electron chi connectivity index (χ2n) is 5.56. The van der Waals surface area contributed by atoms with Crippen molar-refractivity contribution in [1.82, 2.24) is 19.4 Å². The predicted octanol–water partition coefficient (Wildman–Crippen LogP) is 2.96. The number of aryl methyl sites for hydroxylation is 1. The SMILES string of the molecule is Cc1csc(C2CCCCN2C(=O)C(C)n2ccnc2)n1. The van der Waals surface area contributed by atoms with E-state index in [2.05, 4.69) is 15.3 Å². The number of rotatable bonds is 3. The number of hydrogen-bond donors (Lipinski definition) is 0. The van der Waals surface area contributed by atoms with Crippen LogP contribution in [0.15, 0.2) is 24.1 Å². The molecule has 3 heterocycles. The highest BCUT2D eigenvalue weighted by Crippen LogP contribution is 2.34. The van der Waals surface area contributed by atoms with Crippen molar-refractivity contribution in [2.45, 2.75) is 45.2 Å². The Kier molecular flexibility index (Phi) is 4.05. The first-order valence-corrected chi connectivity index (χ1v) is 8.24. The number of imidazole rings is 1. The van der Waals surface area contributed by atoms with Gasteiger partial charge in [0.15, 0.2) is 0 Å². The standard InChI is InChI=1S/C15H20N4OS/c1-11-9-21-14(17-11)13-5-3-4-7-19(13)15(20)12(2)18-8-6-16-10-18/h6,8-10,12-13H,3-5,7H2,1-2H3. The van der Waals surface area contributed by atoms with Gasteiger partial charge in [-0.05, 0) is 33.1 Å². The van der Waals surface area contributed by atoms with Crippen LogP contribution in [-0.2, 0) is 4.79 Å². The summed E-state index contributed by atoms with van der Waals surface area (Å²) < 4.78 is 1.86. The molecule has 1 fully saturated rings. The van der Waals surface area contributed by atoms with Crippen molar-refractivity contribution in [3.63, 3.8) is 0 Å². The van der Waals surface area contributed by atoms with E-state index in [1.54, 1.807) is 23.9 Å². The lowest BCUT2D eigenvalue weighted by molar-refractivity contribution is -0.138. The third kappa shape index (κ3) is 2.85. The van der Waals surface area contributed by atoms with Gasteiger partial charge in [0.05, 0.1) is 12.4 Å². The van der Waals surface area contributed by atoms with Gasteiger partial charge in [0.25, 0.3) is 0 Å². The summed E-state index contributed by atoms with van der Waals surface area (Å²) in [6.07, 6.45) is 8.50. The average Bonchev–Trinajstić information content (AvgIpc) is 3.17. The molecule has 0 aliphatic carbocycles.